The van der Waals surface area contributed by atoms with Crippen LogP contribution in [0.3, 0.4) is 0 Å². The van der Waals surface area contributed by atoms with Gasteiger partial charge in [-0.25, -0.2) is 4.39 Å². The molecule has 2 N–H and O–H groups in total. The van der Waals surface area contributed by atoms with Crippen LogP contribution < -0.4 is 5.32 Å². The van der Waals surface area contributed by atoms with Gasteiger partial charge in [-0.2, -0.15) is 0 Å². The molecule has 0 fully saturated rings. The van der Waals surface area contributed by atoms with Crippen molar-refractivity contribution in [2.75, 3.05) is 6.54 Å². The normalized spacial score (nSPS) is 15.8. The van der Waals surface area contributed by atoms with Gasteiger partial charge in [-0.15, -0.1) is 0 Å². The molecule has 1 aromatic carbocycles. The first-order valence-electron chi connectivity index (χ1n) is 4.85. The Morgan fingerprint density at radius 1 is 1.36 bits per heavy atom. The molecule has 1 aliphatic rings. The third kappa shape index (κ3) is 0.990. The third-order valence-corrected chi connectivity index (χ3v) is 2.83. The number of aromatic amines is 1. The lowest BCUT2D eigenvalue weighted by molar-refractivity contribution is 0.633. The molecule has 14 heavy (non-hydrogen) atoms. The predicted octanol–water partition coefficient (Wildman–Crippen LogP) is 2.44. The van der Waals surface area contributed by atoms with E-state index in [0.29, 0.717) is 5.52 Å². The number of para-hydroxylation sites is 1. The molecule has 0 spiro atoms. The number of benzene rings is 1. The molecule has 0 unspecified atom stereocenters. The van der Waals surface area contributed by atoms with Crippen molar-refractivity contribution in [1.82, 2.24) is 10.3 Å². The molecule has 2 aromatic rings. The summed E-state index contributed by atoms with van der Waals surface area (Å²) in [4.78, 5) is 3.17. The first-order valence-corrected chi connectivity index (χ1v) is 4.85. The molecule has 2 heterocycles. The van der Waals surface area contributed by atoms with Crippen molar-refractivity contribution in [3.05, 3.63) is 35.3 Å². The lowest BCUT2D eigenvalue weighted by atomic mass is 10.1. The largest absolute Gasteiger partial charge is 0.356 e. The summed E-state index contributed by atoms with van der Waals surface area (Å²) in [5, 5.41) is 4.32. The molecule has 3 rings (SSSR count). The highest BCUT2D eigenvalue weighted by Crippen LogP contribution is 2.26. The maximum absolute atomic E-state index is 13.4. The fourth-order valence-corrected chi connectivity index (χ4v) is 2.13. The van der Waals surface area contributed by atoms with Gasteiger partial charge in [0.2, 0.25) is 0 Å². The molecule has 1 aliphatic heterocycles. The molecule has 0 saturated heterocycles. The molecule has 3 heteroatoms. The maximum atomic E-state index is 13.4. The van der Waals surface area contributed by atoms with Crippen LogP contribution in [0.25, 0.3) is 10.9 Å². The van der Waals surface area contributed by atoms with Crippen LogP contribution in [-0.4, -0.2) is 11.5 Å². The standard InChI is InChI=1S/C11H11FN2.2H2/c12-9-3-1-2-7-8-6-13-5-4-10(8)14-11(7)9;;/h1-3,13-14H,4-6H2;2*1H. The SMILES string of the molecule is Fc1cccc2c3c([nH]c12)CCNC3.[HH].[HH]. The van der Waals surface area contributed by atoms with Crippen molar-refractivity contribution in [3.63, 3.8) is 0 Å². The van der Waals surface area contributed by atoms with Crippen LogP contribution >= 0.6 is 0 Å². The van der Waals surface area contributed by atoms with Crippen LogP contribution in [0.15, 0.2) is 18.2 Å². The molecule has 0 bridgehead atoms. The van der Waals surface area contributed by atoms with Crippen molar-refractivity contribution < 1.29 is 7.24 Å². The lowest BCUT2D eigenvalue weighted by Crippen LogP contribution is -2.22. The molecule has 2 nitrogen and oxygen atoms in total. The van der Waals surface area contributed by atoms with Gasteiger partial charge in [-0.3, -0.25) is 0 Å². The second-order valence-corrected chi connectivity index (χ2v) is 3.67. The highest BCUT2D eigenvalue weighted by atomic mass is 19.1. The number of hydrogen-bond donors (Lipinski definition) is 2. The van der Waals surface area contributed by atoms with Crippen LogP contribution in [0.1, 0.15) is 14.1 Å². The van der Waals surface area contributed by atoms with Crippen molar-refractivity contribution in [3.8, 4) is 0 Å². The van der Waals surface area contributed by atoms with E-state index in [1.165, 1.54) is 17.3 Å². The van der Waals surface area contributed by atoms with Crippen LogP contribution in [0.2, 0.25) is 0 Å². The van der Waals surface area contributed by atoms with Crippen LogP contribution in [0.5, 0.6) is 0 Å². The minimum Gasteiger partial charge on any atom is -0.356 e. The van der Waals surface area contributed by atoms with Crippen molar-refractivity contribution in [1.29, 1.82) is 0 Å². The molecular weight excluding hydrogens is 179 g/mol. The molecule has 0 atom stereocenters. The van der Waals surface area contributed by atoms with E-state index in [2.05, 4.69) is 10.3 Å². The minimum absolute atomic E-state index is 0. The average molecular weight is 194 g/mol. The Kier molecular flexibility index (Phi) is 1.61. The number of H-pyrrole nitrogens is 1. The maximum Gasteiger partial charge on any atom is 0.147 e. The van der Waals surface area contributed by atoms with Crippen molar-refractivity contribution in [2.24, 2.45) is 0 Å². The summed E-state index contributed by atoms with van der Waals surface area (Å²) in [7, 11) is 0. The molecule has 0 radical (unpaired) electrons. The highest BCUT2D eigenvalue weighted by Gasteiger charge is 2.15. The monoisotopic (exact) mass is 194 g/mol. The van der Waals surface area contributed by atoms with Gasteiger partial charge in [0.1, 0.15) is 5.82 Å². The molecule has 0 saturated carbocycles. The van der Waals surface area contributed by atoms with E-state index in [1.807, 2.05) is 6.07 Å². The third-order valence-electron chi connectivity index (χ3n) is 2.83. The molecule has 1 aromatic heterocycles. The zero-order chi connectivity index (χ0) is 9.54. The Morgan fingerprint density at radius 3 is 3.21 bits per heavy atom. The van der Waals surface area contributed by atoms with Crippen LogP contribution in [0.4, 0.5) is 4.39 Å². The van der Waals surface area contributed by atoms with Gasteiger partial charge in [0.15, 0.2) is 0 Å². The topological polar surface area (TPSA) is 27.8 Å². The molecule has 0 aliphatic carbocycles. The van der Waals surface area contributed by atoms with Gasteiger partial charge < -0.3 is 10.3 Å². The van der Waals surface area contributed by atoms with E-state index in [1.54, 1.807) is 6.07 Å². The molecule has 76 valence electrons. The van der Waals surface area contributed by atoms with E-state index in [9.17, 15) is 4.39 Å². The smallest absolute Gasteiger partial charge is 0.147 e. The minimum atomic E-state index is -0.156. The lowest BCUT2D eigenvalue weighted by Gasteiger charge is -2.12. The van der Waals surface area contributed by atoms with Gasteiger partial charge in [0.05, 0.1) is 5.52 Å². The highest BCUT2D eigenvalue weighted by molar-refractivity contribution is 5.85. The van der Waals surface area contributed by atoms with Gasteiger partial charge in [-0.05, 0) is 11.6 Å². The Bertz CT molecular complexity index is 496. The summed E-state index contributed by atoms with van der Waals surface area (Å²) in [6.45, 7) is 1.82. The summed E-state index contributed by atoms with van der Waals surface area (Å²) < 4.78 is 13.4. The number of nitrogens with one attached hydrogen (secondary N) is 2. The van der Waals surface area contributed by atoms with E-state index in [-0.39, 0.29) is 8.67 Å². The first-order chi connectivity index (χ1) is 6.86. The van der Waals surface area contributed by atoms with Crippen molar-refractivity contribution in [2.45, 2.75) is 13.0 Å². The zero-order valence-corrected chi connectivity index (χ0v) is 7.73. The fourth-order valence-electron chi connectivity index (χ4n) is 2.13. The van der Waals surface area contributed by atoms with E-state index in [0.717, 1.165) is 24.9 Å². The quantitative estimate of drug-likeness (QED) is 0.662. The number of fused-ring (bicyclic) bond motifs is 3. The molecular formula is C11H15FN2. The number of aromatic nitrogens is 1. The second-order valence-electron chi connectivity index (χ2n) is 3.67. The van der Waals surface area contributed by atoms with E-state index in [4.69, 9.17) is 0 Å². The second kappa shape index (κ2) is 2.82. The van der Waals surface area contributed by atoms with Gasteiger partial charge in [-0.1, -0.05) is 12.1 Å². The summed E-state index contributed by atoms with van der Waals surface area (Å²) in [5.41, 5.74) is 3.07. The average Bonchev–Trinajstić information content (AvgIpc) is 2.59. The van der Waals surface area contributed by atoms with Gasteiger partial charge in [0, 0.05) is 33.4 Å². The van der Waals surface area contributed by atoms with Crippen LogP contribution in [0, 0.1) is 5.82 Å². The summed E-state index contributed by atoms with van der Waals surface area (Å²) >= 11 is 0. The summed E-state index contributed by atoms with van der Waals surface area (Å²) in [5.74, 6) is -0.156. The Labute approximate surface area is 84.1 Å². The van der Waals surface area contributed by atoms with Crippen molar-refractivity contribution >= 4 is 10.9 Å². The first kappa shape index (κ1) is 8.00. The van der Waals surface area contributed by atoms with Crippen LogP contribution in [-0.2, 0) is 13.0 Å². The van der Waals surface area contributed by atoms with E-state index >= 15 is 0 Å². The van der Waals surface area contributed by atoms with Gasteiger partial charge in [0.25, 0.3) is 0 Å². The summed E-state index contributed by atoms with van der Waals surface area (Å²) in [6.07, 6.45) is 0.962. The van der Waals surface area contributed by atoms with E-state index < -0.39 is 0 Å². The predicted molar refractivity (Wildman–Crippen MR) is 57.9 cm³/mol. The Hall–Kier alpha value is -1.35. The Morgan fingerprint density at radius 2 is 2.29 bits per heavy atom. The van der Waals surface area contributed by atoms with Gasteiger partial charge >= 0.3 is 0 Å². The zero-order valence-electron chi connectivity index (χ0n) is 7.73. The number of hydrogen-bond acceptors (Lipinski definition) is 1. The Balaban J connectivity index is 0.000000640. The number of halogens is 1. The fraction of sp³-hybridized carbons (Fsp3) is 0.273. The summed E-state index contributed by atoms with van der Waals surface area (Å²) in [6, 6.07) is 5.23. The molecule has 0 amide bonds. The number of rotatable bonds is 0.